The molecule has 0 aliphatic carbocycles. The summed E-state index contributed by atoms with van der Waals surface area (Å²) in [6.45, 7) is 2.64. The van der Waals surface area contributed by atoms with Crippen molar-refractivity contribution in [2.45, 2.75) is 12.5 Å². The fourth-order valence-corrected chi connectivity index (χ4v) is 2.66. The molecule has 0 aromatic heterocycles. The number of nitrogens with zero attached hydrogens (tertiary/aromatic N) is 1. The van der Waals surface area contributed by atoms with Gasteiger partial charge >= 0.3 is 5.97 Å². The van der Waals surface area contributed by atoms with Crippen molar-refractivity contribution in [3.8, 4) is 11.5 Å². The molecular weight excluding hydrogens is 274 g/mol. The number of methoxy groups -OCH3 is 2. The highest BCUT2D eigenvalue weighted by Crippen LogP contribution is 2.38. The smallest absolute Gasteiger partial charge is 0.305 e. The molecule has 21 heavy (non-hydrogen) atoms. The van der Waals surface area contributed by atoms with E-state index in [2.05, 4.69) is 4.90 Å². The molecule has 1 N–H and O–H groups in total. The van der Waals surface area contributed by atoms with E-state index in [-0.39, 0.29) is 12.5 Å². The summed E-state index contributed by atoms with van der Waals surface area (Å²) in [6, 6.07) is 5.30. The quantitative estimate of drug-likeness (QED) is 0.859. The van der Waals surface area contributed by atoms with Gasteiger partial charge in [0.2, 0.25) is 0 Å². The predicted octanol–water partition coefficient (Wildman–Crippen LogP) is 1.55. The fraction of sp³-hybridized carbons (Fsp3) is 0.533. The first kappa shape index (κ1) is 15.6. The van der Waals surface area contributed by atoms with E-state index >= 15 is 0 Å². The van der Waals surface area contributed by atoms with E-state index in [4.69, 9.17) is 14.2 Å². The van der Waals surface area contributed by atoms with Gasteiger partial charge in [0.25, 0.3) is 0 Å². The van der Waals surface area contributed by atoms with Crippen LogP contribution in [0.25, 0.3) is 0 Å². The van der Waals surface area contributed by atoms with Crippen molar-refractivity contribution in [1.29, 1.82) is 0 Å². The van der Waals surface area contributed by atoms with Crippen LogP contribution in [-0.2, 0) is 9.53 Å². The van der Waals surface area contributed by atoms with E-state index in [1.54, 1.807) is 20.3 Å². The number of hydrogen-bond acceptors (Lipinski definition) is 5. The third-order valence-corrected chi connectivity index (χ3v) is 3.65. The van der Waals surface area contributed by atoms with Gasteiger partial charge in [0, 0.05) is 24.7 Å². The molecule has 0 bridgehead atoms. The van der Waals surface area contributed by atoms with Crippen LogP contribution in [0, 0.1) is 0 Å². The molecule has 1 aliphatic heterocycles. The van der Waals surface area contributed by atoms with E-state index in [0.29, 0.717) is 37.8 Å². The van der Waals surface area contributed by atoms with Gasteiger partial charge in [-0.25, -0.2) is 0 Å². The van der Waals surface area contributed by atoms with Crippen molar-refractivity contribution in [2.75, 3.05) is 40.5 Å². The van der Waals surface area contributed by atoms with Gasteiger partial charge < -0.3 is 19.3 Å². The Hall–Kier alpha value is -1.79. The van der Waals surface area contributed by atoms with Gasteiger partial charge in [-0.1, -0.05) is 12.1 Å². The van der Waals surface area contributed by atoms with Gasteiger partial charge in [-0.3, -0.25) is 9.69 Å². The van der Waals surface area contributed by atoms with Crippen LogP contribution in [0.3, 0.4) is 0 Å². The van der Waals surface area contributed by atoms with Gasteiger partial charge in [0.1, 0.15) is 0 Å². The van der Waals surface area contributed by atoms with Crippen LogP contribution in [0.1, 0.15) is 18.0 Å². The zero-order valence-corrected chi connectivity index (χ0v) is 12.4. The van der Waals surface area contributed by atoms with Crippen molar-refractivity contribution < 1.29 is 24.1 Å². The van der Waals surface area contributed by atoms with Crippen LogP contribution in [0.15, 0.2) is 18.2 Å². The molecule has 6 nitrogen and oxygen atoms in total. The molecule has 0 spiro atoms. The van der Waals surface area contributed by atoms with Crippen LogP contribution < -0.4 is 9.47 Å². The number of carboxylic acids is 1. The molecule has 1 heterocycles. The zero-order chi connectivity index (χ0) is 15.2. The highest BCUT2D eigenvalue weighted by molar-refractivity contribution is 5.68. The van der Waals surface area contributed by atoms with E-state index in [1.807, 2.05) is 12.1 Å². The van der Waals surface area contributed by atoms with Crippen LogP contribution in [0.5, 0.6) is 11.5 Å². The number of morpholine rings is 1. The zero-order valence-electron chi connectivity index (χ0n) is 12.4. The lowest BCUT2D eigenvalue weighted by atomic mass is 9.99. The second-order valence-corrected chi connectivity index (χ2v) is 4.84. The molecule has 1 aromatic rings. The molecule has 0 amide bonds. The lowest BCUT2D eigenvalue weighted by molar-refractivity contribution is -0.139. The summed E-state index contributed by atoms with van der Waals surface area (Å²) in [6.07, 6.45) is 0.0174. The lowest BCUT2D eigenvalue weighted by Crippen LogP contribution is -2.40. The molecule has 1 atom stereocenters. The number of rotatable bonds is 6. The molecule has 116 valence electrons. The first-order valence-corrected chi connectivity index (χ1v) is 6.91. The second kappa shape index (κ2) is 7.28. The number of hydrogen-bond donors (Lipinski definition) is 1. The van der Waals surface area contributed by atoms with Crippen molar-refractivity contribution >= 4 is 5.97 Å². The maximum atomic E-state index is 11.2. The highest BCUT2D eigenvalue weighted by atomic mass is 16.5. The van der Waals surface area contributed by atoms with Crippen LogP contribution in [0.4, 0.5) is 0 Å². The van der Waals surface area contributed by atoms with E-state index in [0.717, 1.165) is 5.56 Å². The Morgan fingerprint density at radius 1 is 1.33 bits per heavy atom. The monoisotopic (exact) mass is 295 g/mol. The van der Waals surface area contributed by atoms with E-state index in [1.165, 1.54) is 0 Å². The summed E-state index contributed by atoms with van der Waals surface area (Å²) in [5.74, 6) is 0.368. The summed E-state index contributed by atoms with van der Waals surface area (Å²) in [5, 5.41) is 9.24. The van der Waals surface area contributed by atoms with Crippen LogP contribution in [0.2, 0.25) is 0 Å². The minimum atomic E-state index is -0.837. The SMILES string of the molecule is COc1cccc(C(CC(=O)O)N2CCOCC2)c1OC. The summed E-state index contributed by atoms with van der Waals surface area (Å²) in [5.41, 5.74) is 0.834. The van der Waals surface area contributed by atoms with Crippen LogP contribution >= 0.6 is 0 Å². The third-order valence-electron chi connectivity index (χ3n) is 3.65. The second-order valence-electron chi connectivity index (χ2n) is 4.84. The van der Waals surface area contributed by atoms with Crippen molar-refractivity contribution in [3.63, 3.8) is 0 Å². The van der Waals surface area contributed by atoms with Crippen molar-refractivity contribution in [2.24, 2.45) is 0 Å². The highest BCUT2D eigenvalue weighted by Gasteiger charge is 2.28. The minimum absolute atomic E-state index is 0.0174. The topological polar surface area (TPSA) is 68.2 Å². The fourth-order valence-electron chi connectivity index (χ4n) is 2.66. The molecule has 0 saturated carbocycles. The minimum Gasteiger partial charge on any atom is -0.493 e. The van der Waals surface area contributed by atoms with Gasteiger partial charge in [0.05, 0.1) is 33.9 Å². The first-order chi connectivity index (χ1) is 10.2. The standard InChI is InChI=1S/C15H21NO5/c1-19-13-5-3-4-11(15(13)20-2)12(10-14(17)18)16-6-8-21-9-7-16/h3-5,12H,6-10H2,1-2H3,(H,17,18). The molecule has 1 aliphatic rings. The Morgan fingerprint density at radius 3 is 2.62 bits per heavy atom. The first-order valence-electron chi connectivity index (χ1n) is 6.91. The third kappa shape index (κ3) is 3.65. The summed E-state index contributed by atoms with van der Waals surface area (Å²) >= 11 is 0. The normalized spacial score (nSPS) is 17.2. The average Bonchev–Trinajstić information content (AvgIpc) is 2.52. The largest absolute Gasteiger partial charge is 0.493 e. The Labute approximate surface area is 124 Å². The number of ether oxygens (including phenoxy) is 3. The van der Waals surface area contributed by atoms with Gasteiger partial charge in [-0.05, 0) is 6.07 Å². The molecule has 1 fully saturated rings. The predicted molar refractivity (Wildman–Crippen MR) is 76.9 cm³/mol. The van der Waals surface area contributed by atoms with E-state index in [9.17, 15) is 9.90 Å². The molecule has 2 rings (SSSR count). The molecule has 1 saturated heterocycles. The molecule has 6 heteroatoms. The lowest BCUT2D eigenvalue weighted by Gasteiger charge is -2.34. The molecular formula is C15H21NO5. The number of carboxylic acid groups (broad SMARTS) is 1. The van der Waals surface area contributed by atoms with Crippen molar-refractivity contribution in [1.82, 2.24) is 4.90 Å². The summed E-state index contributed by atoms with van der Waals surface area (Å²) in [7, 11) is 3.14. The maximum absolute atomic E-state index is 11.2. The van der Waals surface area contributed by atoms with Gasteiger partial charge in [-0.15, -0.1) is 0 Å². The Balaban J connectivity index is 2.37. The van der Waals surface area contributed by atoms with Gasteiger partial charge in [0.15, 0.2) is 11.5 Å². The summed E-state index contributed by atoms with van der Waals surface area (Å²) in [4.78, 5) is 13.4. The number of carbonyl (C=O) groups is 1. The summed E-state index contributed by atoms with van der Waals surface area (Å²) < 4.78 is 16.1. The average molecular weight is 295 g/mol. The maximum Gasteiger partial charge on any atom is 0.305 e. The van der Waals surface area contributed by atoms with E-state index < -0.39 is 5.97 Å². The number of benzene rings is 1. The Bertz CT molecular complexity index is 485. The molecule has 0 radical (unpaired) electrons. The van der Waals surface area contributed by atoms with Gasteiger partial charge in [-0.2, -0.15) is 0 Å². The Morgan fingerprint density at radius 2 is 2.05 bits per heavy atom. The van der Waals surface area contributed by atoms with Crippen LogP contribution in [-0.4, -0.2) is 56.5 Å². The molecule has 1 unspecified atom stereocenters. The number of aliphatic carboxylic acids is 1. The molecule has 1 aromatic carbocycles. The Kier molecular flexibility index (Phi) is 5.41. The van der Waals surface area contributed by atoms with Crippen molar-refractivity contribution in [3.05, 3.63) is 23.8 Å². The number of para-hydroxylation sites is 1.